The molecule has 0 aliphatic heterocycles. The SMILES string of the molecule is CC/C=C\C/C=C\C/C=C\C/C=C\C/C=C\CCCCCCCCCCCCCC(=O)OC(/C=C\CCCCCCCCCCCCC)C(COP(=O)([O-])OCC[N+](C)(C)C)NC(=O)CCCCCCCCCCCCCCC. The predicted molar refractivity (Wildman–Crippen MR) is 339 cm³/mol. The molecule has 0 radical (unpaired) electrons. The van der Waals surface area contributed by atoms with Crippen molar-refractivity contribution in [1.29, 1.82) is 0 Å². The van der Waals surface area contributed by atoms with Gasteiger partial charge in [-0.2, -0.15) is 0 Å². The highest BCUT2D eigenvalue weighted by molar-refractivity contribution is 7.45. The van der Waals surface area contributed by atoms with Gasteiger partial charge in [-0.1, -0.05) is 287 Å². The Morgan fingerprint density at radius 1 is 0.456 bits per heavy atom. The van der Waals surface area contributed by atoms with Gasteiger partial charge in [0.05, 0.1) is 33.8 Å². The van der Waals surface area contributed by atoms with Crippen LogP contribution in [0.4, 0.5) is 0 Å². The number of nitrogens with zero attached hydrogens (tertiary/aromatic N) is 1. The van der Waals surface area contributed by atoms with Crippen LogP contribution < -0.4 is 10.2 Å². The van der Waals surface area contributed by atoms with Crippen molar-refractivity contribution in [2.24, 2.45) is 0 Å². The number of carbonyl (C=O) groups excluding carboxylic acids is 2. The summed E-state index contributed by atoms with van der Waals surface area (Å²) in [6.45, 7) is 6.75. The van der Waals surface area contributed by atoms with Crippen LogP contribution >= 0.6 is 7.82 Å². The second-order valence-corrected chi connectivity index (χ2v) is 25.0. The molecule has 0 aliphatic carbocycles. The Morgan fingerprint density at radius 2 is 0.810 bits per heavy atom. The third-order valence-corrected chi connectivity index (χ3v) is 15.6. The van der Waals surface area contributed by atoms with Crippen LogP contribution in [-0.2, 0) is 27.9 Å². The van der Waals surface area contributed by atoms with Gasteiger partial charge in [0, 0.05) is 12.8 Å². The fourth-order valence-corrected chi connectivity index (χ4v) is 10.3. The number of ether oxygens (including phenoxy) is 1. The van der Waals surface area contributed by atoms with Crippen molar-refractivity contribution in [3.05, 3.63) is 72.9 Å². The van der Waals surface area contributed by atoms with Crippen molar-refractivity contribution >= 4 is 19.7 Å². The molecule has 0 bridgehead atoms. The molecule has 0 heterocycles. The lowest BCUT2D eigenvalue weighted by Crippen LogP contribution is -2.47. The van der Waals surface area contributed by atoms with Crippen molar-refractivity contribution in [2.75, 3.05) is 40.9 Å². The van der Waals surface area contributed by atoms with Gasteiger partial charge in [0.15, 0.2) is 0 Å². The van der Waals surface area contributed by atoms with Crippen LogP contribution in [0.5, 0.6) is 0 Å². The number of nitrogens with one attached hydrogen (secondary N) is 1. The Morgan fingerprint density at radius 3 is 1.22 bits per heavy atom. The lowest BCUT2D eigenvalue weighted by molar-refractivity contribution is -0.870. The van der Waals surface area contributed by atoms with Crippen LogP contribution in [0.25, 0.3) is 0 Å². The number of likely N-dealkylation sites (N-methyl/N-ethyl adjacent to an activating group) is 1. The molecule has 0 fully saturated rings. The highest BCUT2D eigenvalue weighted by Gasteiger charge is 2.27. The van der Waals surface area contributed by atoms with Crippen molar-refractivity contribution in [2.45, 2.75) is 315 Å². The third-order valence-electron chi connectivity index (χ3n) is 14.7. The van der Waals surface area contributed by atoms with Crippen molar-refractivity contribution in [3.63, 3.8) is 0 Å². The molecular weight excluding hydrogens is 1000 g/mol. The summed E-state index contributed by atoms with van der Waals surface area (Å²) in [6, 6.07) is -0.889. The highest BCUT2D eigenvalue weighted by atomic mass is 31.2. The van der Waals surface area contributed by atoms with Crippen molar-refractivity contribution < 1.29 is 37.3 Å². The van der Waals surface area contributed by atoms with Gasteiger partial charge in [-0.05, 0) is 76.7 Å². The Labute approximate surface area is 489 Å². The minimum atomic E-state index is -4.70. The number of phosphoric ester groups is 1. The Balaban J connectivity index is 5.07. The zero-order valence-corrected chi connectivity index (χ0v) is 53.5. The number of phosphoric acid groups is 1. The third kappa shape index (κ3) is 59.9. The van der Waals surface area contributed by atoms with E-state index in [0.717, 1.165) is 89.9 Å². The van der Waals surface area contributed by atoms with E-state index in [-0.39, 0.29) is 31.5 Å². The number of quaternary nitrogens is 1. The fraction of sp³-hybridized carbons (Fsp3) is 0.797. The summed E-state index contributed by atoms with van der Waals surface area (Å²) in [4.78, 5) is 40.0. The second-order valence-electron chi connectivity index (χ2n) is 23.6. The number of esters is 1. The first-order valence-electron chi connectivity index (χ1n) is 33.2. The van der Waals surface area contributed by atoms with E-state index in [0.29, 0.717) is 17.4 Å². The maximum Gasteiger partial charge on any atom is 0.306 e. The standard InChI is InChI=1S/C69H127N2O7P/c1-7-10-13-16-19-22-25-28-29-30-31-32-33-34-35-36-37-38-39-40-41-44-47-50-53-56-59-62-69(73)78-67(60-57-54-51-48-45-42-26-23-20-17-14-11-8-2)66(65-77-79(74,75)76-64-63-71(4,5)6)70-68(72)61-58-55-52-49-46-43-27-24-21-18-15-12-9-3/h10,13,19,22,28-29,31-32,34-35,57,60,66-67H,7-9,11-12,14-18,20-21,23-27,30,33,36-56,58-59,61-65H2,1-6H3,(H-,70,72,74,75)/b13-10-,22-19-,29-28-,32-31-,35-34-,60-57-. The summed E-state index contributed by atoms with van der Waals surface area (Å²) in [5.74, 6) is -0.536. The molecule has 0 saturated carbocycles. The first-order valence-corrected chi connectivity index (χ1v) is 34.7. The summed E-state index contributed by atoms with van der Waals surface area (Å²) in [6.07, 6.45) is 75.8. The molecule has 79 heavy (non-hydrogen) atoms. The lowest BCUT2D eigenvalue weighted by atomic mass is 10.0. The van der Waals surface area contributed by atoms with Crippen LogP contribution in [-0.4, -0.2) is 69.4 Å². The predicted octanol–water partition coefficient (Wildman–Crippen LogP) is 20.2. The second kappa shape index (κ2) is 58.6. The molecule has 3 atom stereocenters. The van der Waals surface area contributed by atoms with Gasteiger partial charge in [-0.25, -0.2) is 0 Å². The summed E-state index contributed by atoms with van der Waals surface area (Å²) < 4.78 is 30.4. The molecule has 0 aromatic carbocycles. The largest absolute Gasteiger partial charge is 0.756 e. The Bertz CT molecular complexity index is 1580. The maximum atomic E-state index is 13.5. The normalized spacial score (nSPS) is 14.1. The van der Waals surface area contributed by atoms with Crippen LogP contribution in [0, 0.1) is 0 Å². The monoisotopic (exact) mass is 1130 g/mol. The van der Waals surface area contributed by atoms with Gasteiger partial charge < -0.3 is 28.5 Å². The van der Waals surface area contributed by atoms with Crippen LogP contribution in [0.1, 0.15) is 303 Å². The van der Waals surface area contributed by atoms with Crippen molar-refractivity contribution in [3.8, 4) is 0 Å². The summed E-state index contributed by atoms with van der Waals surface area (Å²) in [5, 5.41) is 3.03. The first-order chi connectivity index (χ1) is 38.4. The van der Waals surface area contributed by atoms with Gasteiger partial charge in [0.25, 0.3) is 7.82 Å². The van der Waals surface area contributed by atoms with Crippen LogP contribution in [0.3, 0.4) is 0 Å². The van der Waals surface area contributed by atoms with Crippen LogP contribution in [0.15, 0.2) is 72.9 Å². The van der Waals surface area contributed by atoms with E-state index in [2.05, 4.69) is 86.8 Å². The maximum absolute atomic E-state index is 13.5. The summed E-state index contributed by atoms with van der Waals surface area (Å²) in [7, 11) is 1.19. The molecular formula is C69H127N2O7P. The number of hydrogen-bond acceptors (Lipinski definition) is 7. The van der Waals surface area contributed by atoms with E-state index >= 15 is 0 Å². The number of hydrogen-bond donors (Lipinski definition) is 1. The average Bonchev–Trinajstić information content (AvgIpc) is 3.41. The lowest BCUT2D eigenvalue weighted by Gasteiger charge is -2.30. The van der Waals surface area contributed by atoms with Gasteiger partial charge in [0.2, 0.25) is 5.91 Å². The zero-order chi connectivity index (χ0) is 57.9. The van der Waals surface area contributed by atoms with E-state index in [9.17, 15) is 19.0 Å². The molecule has 1 amide bonds. The molecule has 1 N–H and O–H groups in total. The number of allylic oxidation sites excluding steroid dienone is 11. The quantitative estimate of drug-likeness (QED) is 0.0212. The van der Waals surface area contributed by atoms with E-state index in [1.165, 1.54) is 180 Å². The van der Waals surface area contributed by atoms with Crippen LogP contribution in [0.2, 0.25) is 0 Å². The molecule has 9 nitrogen and oxygen atoms in total. The molecule has 0 rings (SSSR count). The van der Waals surface area contributed by atoms with Gasteiger partial charge in [-0.3, -0.25) is 14.2 Å². The molecule has 460 valence electrons. The highest BCUT2D eigenvalue weighted by Crippen LogP contribution is 2.38. The molecule has 0 aromatic heterocycles. The average molecular weight is 1130 g/mol. The topological polar surface area (TPSA) is 114 Å². The molecule has 0 saturated heterocycles. The molecule has 3 unspecified atom stereocenters. The first kappa shape index (κ1) is 76.5. The number of carbonyl (C=O) groups is 2. The summed E-state index contributed by atoms with van der Waals surface area (Å²) in [5.41, 5.74) is 0. The molecule has 0 spiro atoms. The molecule has 0 aliphatic rings. The Hall–Kier alpha value is -2.55. The van der Waals surface area contributed by atoms with E-state index in [4.69, 9.17) is 13.8 Å². The smallest absolute Gasteiger partial charge is 0.306 e. The molecule has 10 heteroatoms. The number of rotatable bonds is 60. The van der Waals surface area contributed by atoms with Gasteiger partial charge in [0.1, 0.15) is 19.3 Å². The van der Waals surface area contributed by atoms with Gasteiger partial charge in [-0.15, -0.1) is 0 Å². The van der Waals surface area contributed by atoms with Gasteiger partial charge >= 0.3 is 5.97 Å². The fourth-order valence-electron chi connectivity index (χ4n) is 9.55. The molecule has 0 aromatic rings. The van der Waals surface area contributed by atoms with E-state index < -0.39 is 20.0 Å². The van der Waals surface area contributed by atoms with E-state index in [1.807, 2.05) is 33.3 Å². The number of unbranched alkanes of at least 4 members (excludes halogenated alkanes) is 34. The zero-order valence-electron chi connectivity index (χ0n) is 52.6. The minimum absolute atomic E-state index is 0.0227. The minimum Gasteiger partial charge on any atom is -0.756 e. The summed E-state index contributed by atoms with van der Waals surface area (Å²) >= 11 is 0. The Kier molecular flexibility index (Phi) is 56.7. The van der Waals surface area contributed by atoms with E-state index in [1.54, 1.807) is 0 Å². The number of amides is 1. The van der Waals surface area contributed by atoms with Crippen molar-refractivity contribution in [1.82, 2.24) is 5.32 Å².